The molecule has 0 radical (unpaired) electrons. The van der Waals surface area contributed by atoms with Crippen molar-refractivity contribution in [1.82, 2.24) is 4.90 Å². The standard InChI is InChI=1S/C15H18N2O/c16-10-12-4-1-2-5-13(12)11-17-8-9-18-15-7-3-6-14(15)17/h1-2,4-5,14-15H,3,6-9,11H2. The number of hydrogen-bond donors (Lipinski definition) is 0. The second kappa shape index (κ2) is 5.09. The van der Waals surface area contributed by atoms with Gasteiger partial charge in [-0.25, -0.2) is 0 Å². The van der Waals surface area contributed by atoms with Crippen molar-refractivity contribution in [3.8, 4) is 6.07 Å². The average Bonchev–Trinajstić information content (AvgIpc) is 2.89. The minimum atomic E-state index is 0.424. The first-order valence-corrected chi connectivity index (χ1v) is 6.72. The molecule has 2 fully saturated rings. The highest BCUT2D eigenvalue weighted by Crippen LogP contribution is 2.30. The predicted octanol–water partition coefficient (Wildman–Crippen LogP) is 2.31. The molecule has 94 valence electrons. The Morgan fingerprint density at radius 1 is 1.33 bits per heavy atom. The zero-order valence-electron chi connectivity index (χ0n) is 10.5. The maximum absolute atomic E-state index is 9.14. The molecule has 3 heteroatoms. The summed E-state index contributed by atoms with van der Waals surface area (Å²) in [4.78, 5) is 2.50. The Kier molecular flexibility index (Phi) is 3.31. The number of fused-ring (bicyclic) bond motifs is 1. The van der Waals surface area contributed by atoms with Gasteiger partial charge in [0.25, 0.3) is 0 Å². The lowest BCUT2D eigenvalue weighted by Crippen LogP contribution is -2.47. The number of morpholine rings is 1. The van der Waals surface area contributed by atoms with Gasteiger partial charge >= 0.3 is 0 Å². The third-order valence-corrected chi connectivity index (χ3v) is 4.11. The molecule has 0 N–H and O–H groups in total. The molecule has 1 heterocycles. The molecule has 1 aliphatic carbocycles. The van der Waals surface area contributed by atoms with Gasteiger partial charge in [0.05, 0.1) is 24.3 Å². The van der Waals surface area contributed by atoms with Gasteiger partial charge in [-0.05, 0) is 30.9 Å². The van der Waals surface area contributed by atoms with E-state index in [0.717, 1.165) is 30.8 Å². The molecule has 1 saturated carbocycles. The van der Waals surface area contributed by atoms with Crippen LogP contribution in [0.25, 0.3) is 0 Å². The molecule has 0 aromatic heterocycles. The van der Waals surface area contributed by atoms with Crippen LogP contribution < -0.4 is 0 Å². The molecule has 0 spiro atoms. The number of benzene rings is 1. The average molecular weight is 242 g/mol. The highest BCUT2D eigenvalue weighted by Gasteiger charge is 2.35. The van der Waals surface area contributed by atoms with Crippen molar-refractivity contribution in [2.24, 2.45) is 0 Å². The van der Waals surface area contributed by atoms with Gasteiger partial charge in [-0.1, -0.05) is 18.2 Å². The van der Waals surface area contributed by atoms with Crippen molar-refractivity contribution in [2.75, 3.05) is 13.2 Å². The fraction of sp³-hybridized carbons (Fsp3) is 0.533. The van der Waals surface area contributed by atoms with Crippen molar-refractivity contribution in [1.29, 1.82) is 5.26 Å². The number of ether oxygens (including phenoxy) is 1. The van der Waals surface area contributed by atoms with E-state index < -0.39 is 0 Å². The van der Waals surface area contributed by atoms with Crippen LogP contribution in [0.1, 0.15) is 30.4 Å². The SMILES string of the molecule is N#Cc1ccccc1CN1CCOC2CCCC21. The molecular formula is C15H18N2O. The van der Waals surface area contributed by atoms with E-state index in [1.165, 1.54) is 19.3 Å². The molecule has 1 aliphatic heterocycles. The zero-order valence-corrected chi connectivity index (χ0v) is 10.5. The lowest BCUT2D eigenvalue weighted by atomic mass is 10.1. The van der Waals surface area contributed by atoms with Crippen LogP contribution in [0.2, 0.25) is 0 Å². The van der Waals surface area contributed by atoms with Crippen LogP contribution in [-0.4, -0.2) is 30.2 Å². The van der Waals surface area contributed by atoms with E-state index >= 15 is 0 Å². The van der Waals surface area contributed by atoms with Gasteiger partial charge in [0.1, 0.15) is 0 Å². The van der Waals surface area contributed by atoms with Crippen molar-refractivity contribution in [3.05, 3.63) is 35.4 Å². The van der Waals surface area contributed by atoms with Crippen LogP contribution >= 0.6 is 0 Å². The van der Waals surface area contributed by atoms with Crippen LogP contribution in [0.15, 0.2) is 24.3 Å². The summed E-state index contributed by atoms with van der Waals surface area (Å²) in [5, 5.41) is 9.14. The topological polar surface area (TPSA) is 36.3 Å². The zero-order chi connectivity index (χ0) is 12.4. The Hall–Kier alpha value is -1.37. The summed E-state index contributed by atoms with van der Waals surface area (Å²) < 4.78 is 5.82. The molecule has 1 aromatic rings. The fourth-order valence-corrected chi connectivity index (χ4v) is 3.19. The number of hydrogen-bond acceptors (Lipinski definition) is 3. The van der Waals surface area contributed by atoms with E-state index in [1.807, 2.05) is 18.2 Å². The molecule has 1 saturated heterocycles. The summed E-state index contributed by atoms with van der Waals surface area (Å²) in [6, 6.07) is 10.8. The predicted molar refractivity (Wildman–Crippen MR) is 68.9 cm³/mol. The van der Waals surface area contributed by atoms with Crippen LogP contribution in [-0.2, 0) is 11.3 Å². The lowest BCUT2D eigenvalue weighted by molar-refractivity contribution is -0.0588. The first-order chi connectivity index (χ1) is 8.88. The first kappa shape index (κ1) is 11.7. The summed E-state index contributed by atoms with van der Waals surface area (Å²) in [5.74, 6) is 0. The fourth-order valence-electron chi connectivity index (χ4n) is 3.19. The monoisotopic (exact) mass is 242 g/mol. The molecule has 3 rings (SSSR count). The van der Waals surface area contributed by atoms with Gasteiger partial charge < -0.3 is 4.74 Å². The number of nitrogens with zero attached hydrogens (tertiary/aromatic N) is 2. The molecule has 18 heavy (non-hydrogen) atoms. The van der Waals surface area contributed by atoms with Gasteiger partial charge in [0.15, 0.2) is 0 Å². The normalized spacial score (nSPS) is 27.7. The molecule has 0 amide bonds. The van der Waals surface area contributed by atoms with Crippen molar-refractivity contribution in [3.63, 3.8) is 0 Å². The van der Waals surface area contributed by atoms with Crippen molar-refractivity contribution >= 4 is 0 Å². The summed E-state index contributed by atoms with van der Waals surface area (Å²) >= 11 is 0. The molecular weight excluding hydrogens is 224 g/mol. The Bertz CT molecular complexity index is 466. The Morgan fingerprint density at radius 2 is 2.22 bits per heavy atom. The van der Waals surface area contributed by atoms with E-state index in [2.05, 4.69) is 17.0 Å². The Labute approximate surface area is 108 Å². The van der Waals surface area contributed by atoms with Gasteiger partial charge in [-0.3, -0.25) is 4.90 Å². The van der Waals surface area contributed by atoms with Gasteiger partial charge in [0, 0.05) is 19.1 Å². The first-order valence-electron chi connectivity index (χ1n) is 6.72. The van der Waals surface area contributed by atoms with Gasteiger partial charge in [0.2, 0.25) is 0 Å². The lowest BCUT2D eigenvalue weighted by Gasteiger charge is -2.37. The second-order valence-corrected chi connectivity index (χ2v) is 5.15. The molecule has 2 unspecified atom stereocenters. The molecule has 2 atom stereocenters. The summed E-state index contributed by atoms with van der Waals surface area (Å²) in [7, 11) is 0. The maximum atomic E-state index is 9.14. The molecule has 2 aliphatic rings. The minimum Gasteiger partial charge on any atom is -0.375 e. The van der Waals surface area contributed by atoms with Crippen LogP contribution in [0.4, 0.5) is 0 Å². The molecule has 3 nitrogen and oxygen atoms in total. The van der Waals surface area contributed by atoms with E-state index in [0.29, 0.717) is 12.1 Å². The minimum absolute atomic E-state index is 0.424. The van der Waals surface area contributed by atoms with Crippen LogP contribution in [0, 0.1) is 11.3 Å². The molecule has 1 aromatic carbocycles. The third kappa shape index (κ3) is 2.14. The summed E-state index contributed by atoms with van der Waals surface area (Å²) in [6.07, 6.45) is 4.12. The smallest absolute Gasteiger partial charge is 0.0995 e. The van der Waals surface area contributed by atoms with Crippen LogP contribution in [0.5, 0.6) is 0 Å². The second-order valence-electron chi connectivity index (χ2n) is 5.15. The highest BCUT2D eigenvalue weighted by molar-refractivity contribution is 5.37. The Morgan fingerprint density at radius 3 is 3.11 bits per heavy atom. The van der Waals surface area contributed by atoms with E-state index in [4.69, 9.17) is 10.00 Å². The van der Waals surface area contributed by atoms with Gasteiger partial charge in [-0.15, -0.1) is 0 Å². The molecule has 0 bridgehead atoms. The Balaban J connectivity index is 1.77. The van der Waals surface area contributed by atoms with Crippen molar-refractivity contribution in [2.45, 2.75) is 38.0 Å². The highest BCUT2D eigenvalue weighted by atomic mass is 16.5. The third-order valence-electron chi connectivity index (χ3n) is 4.11. The number of rotatable bonds is 2. The summed E-state index contributed by atoms with van der Waals surface area (Å²) in [5.41, 5.74) is 1.95. The van der Waals surface area contributed by atoms with Crippen molar-refractivity contribution < 1.29 is 4.74 Å². The van der Waals surface area contributed by atoms with E-state index in [9.17, 15) is 0 Å². The van der Waals surface area contributed by atoms with Crippen LogP contribution in [0.3, 0.4) is 0 Å². The van der Waals surface area contributed by atoms with E-state index in [1.54, 1.807) is 0 Å². The number of nitriles is 1. The largest absolute Gasteiger partial charge is 0.375 e. The quantitative estimate of drug-likeness (QED) is 0.798. The van der Waals surface area contributed by atoms with E-state index in [-0.39, 0.29) is 0 Å². The maximum Gasteiger partial charge on any atom is 0.0995 e. The summed E-state index contributed by atoms with van der Waals surface area (Å²) in [6.45, 7) is 2.70. The van der Waals surface area contributed by atoms with Gasteiger partial charge in [-0.2, -0.15) is 5.26 Å².